The van der Waals surface area contributed by atoms with Crippen molar-refractivity contribution in [1.82, 2.24) is 4.90 Å². The van der Waals surface area contributed by atoms with Crippen molar-refractivity contribution in [3.8, 4) is 0 Å². The van der Waals surface area contributed by atoms with Gasteiger partial charge in [-0.25, -0.2) is 4.79 Å². The number of aliphatic hydroxyl groups is 1. The molecule has 0 aliphatic carbocycles. The van der Waals surface area contributed by atoms with Gasteiger partial charge in [0, 0.05) is 0 Å². The highest BCUT2D eigenvalue weighted by molar-refractivity contribution is 5.69. The quantitative estimate of drug-likeness (QED) is 0.614. The van der Waals surface area contributed by atoms with Crippen LogP contribution in [0.4, 0.5) is 4.79 Å². The number of likely N-dealkylation sites (tertiary alicyclic amines) is 1. The van der Waals surface area contributed by atoms with Crippen LogP contribution >= 0.6 is 0 Å². The highest BCUT2D eigenvalue weighted by atomic mass is 16.5. The summed E-state index contributed by atoms with van der Waals surface area (Å²) in [5.41, 5.74) is 0.877. The molecule has 13 heavy (non-hydrogen) atoms. The predicted molar refractivity (Wildman–Crippen MR) is 48.3 cm³/mol. The Morgan fingerprint density at radius 2 is 2.31 bits per heavy atom. The Labute approximate surface area is 77.8 Å². The Kier molecular flexibility index (Phi) is 2.93. The summed E-state index contributed by atoms with van der Waals surface area (Å²) in [6.45, 7) is 5.96. The van der Waals surface area contributed by atoms with Gasteiger partial charge in [-0.1, -0.05) is 12.2 Å². The van der Waals surface area contributed by atoms with Crippen LogP contribution in [0, 0.1) is 0 Å². The van der Waals surface area contributed by atoms with E-state index in [9.17, 15) is 9.90 Å². The highest BCUT2D eigenvalue weighted by Gasteiger charge is 2.35. The van der Waals surface area contributed by atoms with Crippen LogP contribution in [0.15, 0.2) is 12.2 Å². The molecule has 4 heteroatoms. The average Bonchev–Trinajstić information content (AvgIpc) is 2.46. The SMILES string of the molecule is C=C(C)C1CC(O)CN1C(=O)OC. The molecule has 4 nitrogen and oxygen atoms in total. The molecular formula is C9H15NO3. The number of ether oxygens (including phenoxy) is 1. The number of hydrogen-bond acceptors (Lipinski definition) is 3. The van der Waals surface area contributed by atoms with Crippen molar-refractivity contribution < 1.29 is 14.6 Å². The van der Waals surface area contributed by atoms with Gasteiger partial charge < -0.3 is 9.84 Å². The van der Waals surface area contributed by atoms with Crippen LogP contribution in [0.3, 0.4) is 0 Å². The first kappa shape index (κ1) is 10.1. The zero-order valence-electron chi connectivity index (χ0n) is 7.99. The normalized spacial score (nSPS) is 27.5. The Morgan fingerprint density at radius 3 is 2.77 bits per heavy atom. The number of β-amino-alcohol motifs (C(OH)–C–C–N with tert-alkyl or cyclic N) is 1. The molecule has 1 rings (SSSR count). The van der Waals surface area contributed by atoms with Crippen LogP contribution in [0.5, 0.6) is 0 Å². The van der Waals surface area contributed by atoms with Gasteiger partial charge in [-0.15, -0.1) is 0 Å². The van der Waals surface area contributed by atoms with E-state index in [0.29, 0.717) is 13.0 Å². The molecule has 0 bridgehead atoms. The second kappa shape index (κ2) is 3.79. The van der Waals surface area contributed by atoms with E-state index in [4.69, 9.17) is 0 Å². The molecule has 0 aromatic carbocycles. The number of aliphatic hydroxyl groups excluding tert-OH is 1. The summed E-state index contributed by atoms with van der Waals surface area (Å²) in [4.78, 5) is 12.7. The van der Waals surface area contributed by atoms with Crippen LogP contribution in [-0.4, -0.2) is 41.9 Å². The van der Waals surface area contributed by atoms with Crippen LogP contribution in [0.2, 0.25) is 0 Å². The lowest BCUT2D eigenvalue weighted by Crippen LogP contribution is -2.36. The van der Waals surface area contributed by atoms with Gasteiger partial charge in [-0.2, -0.15) is 0 Å². The van der Waals surface area contributed by atoms with Crippen molar-refractivity contribution >= 4 is 6.09 Å². The van der Waals surface area contributed by atoms with Crippen molar-refractivity contribution in [3.63, 3.8) is 0 Å². The lowest BCUT2D eigenvalue weighted by molar-refractivity contribution is 0.116. The summed E-state index contributed by atoms with van der Waals surface area (Å²) in [6, 6.07) is -0.0811. The Balaban J connectivity index is 2.71. The van der Waals surface area contributed by atoms with E-state index in [1.165, 1.54) is 12.0 Å². The van der Waals surface area contributed by atoms with Crippen LogP contribution in [0.25, 0.3) is 0 Å². The fraction of sp³-hybridized carbons (Fsp3) is 0.667. The Morgan fingerprint density at radius 1 is 1.69 bits per heavy atom. The van der Waals surface area contributed by atoms with Gasteiger partial charge >= 0.3 is 6.09 Å². The Bertz CT molecular complexity index is 227. The van der Waals surface area contributed by atoms with E-state index in [1.54, 1.807) is 0 Å². The highest BCUT2D eigenvalue weighted by Crippen LogP contribution is 2.23. The van der Waals surface area contributed by atoms with Crippen LogP contribution < -0.4 is 0 Å². The summed E-state index contributed by atoms with van der Waals surface area (Å²) in [5, 5.41) is 9.37. The molecule has 2 unspecified atom stereocenters. The van der Waals surface area contributed by atoms with E-state index < -0.39 is 12.2 Å². The summed E-state index contributed by atoms with van der Waals surface area (Å²) >= 11 is 0. The molecule has 1 aliphatic rings. The molecule has 1 amide bonds. The Hall–Kier alpha value is -1.03. The van der Waals surface area contributed by atoms with Crippen molar-refractivity contribution in [1.29, 1.82) is 0 Å². The number of carbonyl (C=O) groups is 1. The number of nitrogens with zero attached hydrogens (tertiary/aromatic N) is 1. The zero-order valence-corrected chi connectivity index (χ0v) is 7.99. The van der Waals surface area contributed by atoms with Gasteiger partial charge in [0.15, 0.2) is 0 Å². The van der Waals surface area contributed by atoms with Crippen molar-refractivity contribution in [2.45, 2.75) is 25.5 Å². The first-order valence-electron chi connectivity index (χ1n) is 4.24. The molecule has 0 aromatic heterocycles. The fourth-order valence-electron chi connectivity index (χ4n) is 1.60. The second-order valence-electron chi connectivity index (χ2n) is 3.37. The molecule has 0 aromatic rings. The van der Waals surface area contributed by atoms with E-state index in [0.717, 1.165) is 5.57 Å². The van der Waals surface area contributed by atoms with Gasteiger partial charge in [-0.3, -0.25) is 4.90 Å². The minimum atomic E-state index is -0.458. The van der Waals surface area contributed by atoms with Crippen LogP contribution in [-0.2, 0) is 4.74 Å². The molecule has 1 aliphatic heterocycles. The summed E-state index contributed by atoms with van der Waals surface area (Å²) < 4.78 is 4.60. The molecule has 1 N–H and O–H groups in total. The first-order valence-corrected chi connectivity index (χ1v) is 4.24. The van der Waals surface area contributed by atoms with Crippen LogP contribution in [0.1, 0.15) is 13.3 Å². The smallest absolute Gasteiger partial charge is 0.410 e. The standard InChI is InChI=1S/C9H15NO3/c1-6(2)8-4-7(11)5-10(8)9(12)13-3/h7-8,11H,1,4-5H2,2-3H3. The third-order valence-corrected chi connectivity index (χ3v) is 2.26. The number of carbonyl (C=O) groups excluding carboxylic acids is 1. The monoisotopic (exact) mass is 185 g/mol. The van der Waals surface area contributed by atoms with Gasteiger partial charge in [0.05, 0.1) is 25.8 Å². The molecule has 1 fully saturated rings. The van der Waals surface area contributed by atoms with Gasteiger partial charge in [0.1, 0.15) is 0 Å². The molecule has 1 heterocycles. The minimum Gasteiger partial charge on any atom is -0.453 e. The van der Waals surface area contributed by atoms with Gasteiger partial charge in [-0.05, 0) is 13.3 Å². The molecular weight excluding hydrogens is 170 g/mol. The van der Waals surface area contributed by atoms with E-state index >= 15 is 0 Å². The zero-order chi connectivity index (χ0) is 10.0. The number of methoxy groups -OCH3 is 1. The molecule has 0 saturated carbocycles. The number of hydrogen-bond donors (Lipinski definition) is 1. The number of amides is 1. The van der Waals surface area contributed by atoms with E-state index in [-0.39, 0.29) is 6.04 Å². The largest absolute Gasteiger partial charge is 0.453 e. The summed E-state index contributed by atoms with van der Waals surface area (Å²) in [6.07, 6.45) is -0.296. The third kappa shape index (κ3) is 2.01. The van der Waals surface area contributed by atoms with Crippen molar-refractivity contribution in [3.05, 3.63) is 12.2 Å². The topological polar surface area (TPSA) is 49.8 Å². The molecule has 0 spiro atoms. The van der Waals surface area contributed by atoms with Gasteiger partial charge in [0.25, 0.3) is 0 Å². The summed E-state index contributed by atoms with van der Waals surface area (Å²) in [5.74, 6) is 0. The average molecular weight is 185 g/mol. The molecule has 0 radical (unpaired) electrons. The van der Waals surface area contributed by atoms with Crippen molar-refractivity contribution in [2.75, 3.05) is 13.7 Å². The maximum absolute atomic E-state index is 11.2. The first-order chi connectivity index (χ1) is 6.06. The predicted octanol–water partition coefficient (Wildman–Crippen LogP) is 0.764. The van der Waals surface area contributed by atoms with E-state index in [2.05, 4.69) is 11.3 Å². The number of rotatable bonds is 1. The second-order valence-corrected chi connectivity index (χ2v) is 3.37. The molecule has 2 atom stereocenters. The maximum Gasteiger partial charge on any atom is 0.410 e. The molecule has 74 valence electrons. The fourth-order valence-corrected chi connectivity index (χ4v) is 1.60. The lowest BCUT2D eigenvalue weighted by Gasteiger charge is -2.22. The van der Waals surface area contributed by atoms with Gasteiger partial charge in [0.2, 0.25) is 0 Å². The van der Waals surface area contributed by atoms with E-state index in [1.807, 2.05) is 6.92 Å². The minimum absolute atomic E-state index is 0.0811. The van der Waals surface area contributed by atoms with Crippen molar-refractivity contribution in [2.24, 2.45) is 0 Å². The summed E-state index contributed by atoms with van der Waals surface area (Å²) in [7, 11) is 1.34. The lowest BCUT2D eigenvalue weighted by atomic mass is 10.1. The molecule has 1 saturated heterocycles. The maximum atomic E-state index is 11.2. The third-order valence-electron chi connectivity index (χ3n) is 2.26.